The molecule has 6 heteroatoms. The molecule has 0 aliphatic carbocycles. The van der Waals surface area contributed by atoms with E-state index in [4.69, 9.17) is 0 Å². The summed E-state index contributed by atoms with van der Waals surface area (Å²) in [5, 5.41) is 20.5. The van der Waals surface area contributed by atoms with Crippen LogP contribution in [0.5, 0.6) is 5.75 Å². The summed E-state index contributed by atoms with van der Waals surface area (Å²) >= 11 is 0. The van der Waals surface area contributed by atoms with Crippen molar-refractivity contribution in [1.82, 2.24) is 10.2 Å². The third kappa shape index (κ3) is 3.77. The van der Waals surface area contributed by atoms with E-state index >= 15 is 0 Å². The molecule has 6 nitrogen and oxygen atoms in total. The molecular weight excluding hydrogens is 292 g/mol. The fraction of sp³-hybridized carbons (Fsp3) is 0.353. The number of carbonyl (C=O) groups excluding carboxylic acids is 1. The van der Waals surface area contributed by atoms with Gasteiger partial charge in [-0.05, 0) is 56.2 Å². The van der Waals surface area contributed by atoms with Crippen molar-refractivity contribution in [3.63, 3.8) is 0 Å². The van der Waals surface area contributed by atoms with Crippen LogP contribution in [-0.2, 0) is 4.79 Å². The lowest BCUT2D eigenvalue weighted by Gasteiger charge is -2.32. The predicted molar refractivity (Wildman–Crippen MR) is 88.4 cm³/mol. The zero-order chi connectivity index (χ0) is 16.2. The number of hydrogen-bond donors (Lipinski definition) is 2. The molecule has 1 amide bonds. The van der Waals surface area contributed by atoms with E-state index in [1.54, 1.807) is 24.3 Å². The number of nitrogens with zero attached hydrogens (tertiary/aromatic N) is 3. The van der Waals surface area contributed by atoms with E-state index in [2.05, 4.69) is 20.4 Å². The van der Waals surface area contributed by atoms with Gasteiger partial charge in [-0.1, -0.05) is 0 Å². The van der Waals surface area contributed by atoms with Crippen molar-refractivity contribution in [2.24, 2.45) is 5.92 Å². The lowest BCUT2D eigenvalue weighted by Crippen LogP contribution is -2.41. The molecule has 1 fully saturated rings. The van der Waals surface area contributed by atoms with Gasteiger partial charge in [-0.25, -0.2) is 0 Å². The van der Waals surface area contributed by atoms with E-state index in [0.717, 1.165) is 30.9 Å². The molecule has 0 saturated carbocycles. The van der Waals surface area contributed by atoms with Crippen LogP contribution in [0.25, 0.3) is 0 Å². The van der Waals surface area contributed by atoms with Crippen LogP contribution in [0.2, 0.25) is 0 Å². The maximum atomic E-state index is 12.4. The maximum Gasteiger partial charge on any atom is 0.229 e. The molecule has 1 unspecified atom stereocenters. The van der Waals surface area contributed by atoms with Crippen molar-refractivity contribution in [1.29, 1.82) is 0 Å². The highest BCUT2D eigenvalue weighted by Crippen LogP contribution is 2.23. The average molecular weight is 312 g/mol. The highest BCUT2D eigenvalue weighted by Gasteiger charge is 2.26. The first-order valence-electron chi connectivity index (χ1n) is 7.77. The second-order valence-electron chi connectivity index (χ2n) is 5.85. The highest BCUT2D eigenvalue weighted by atomic mass is 16.3. The fourth-order valence-electron chi connectivity index (χ4n) is 2.75. The fourth-order valence-corrected chi connectivity index (χ4v) is 2.75. The van der Waals surface area contributed by atoms with Gasteiger partial charge in [0.05, 0.1) is 11.6 Å². The Kier molecular flexibility index (Phi) is 4.41. The number of amides is 1. The normalized spacial score (nSPS) is 17.8. The molecule has 1 saturated heterocycles. The summed E-state index contributed by atoms with van der Waals surface area (Å²) in [6.07, 6.45) is 1.81. The van der Waals surface area contributed by atoms with Crippen LogP contribution in [0, 0.1) is 12.8 Å². The van der Waals surface area contributed by atoms with E-state index in [1.165, 1.54) is 0 Å². The summed E-state index contributed by atoms with van der Waals surface area (Å²) in [5.74, 6) is 0.920. The number of hydrogen-bond acceptors (Lipinski definition) is 5. The molecule has 1 atom stereocenters. The summed E-state index contributed by atoms with van der Waals surface area (Å²) in [6, 6.07) is 10.4. The summed E-state index contributed by atoms with van der Waals surface area (Å²) < 4.78 is 0. The minimum Gasteiger partial charge on any atom is -0.508 e. The molecule has 2 heterocycles. The van der Waals surface area contributed by atoms with Crippen LogP contribution in [-0.4, -0.2) is 34.3 Å². The number of aromatic hydroxyl groups is 1. The van der Waals surface area contributed by atoms with Crippen molar-refractivity contribution < 1.29 is 9.90 Å². The zero-order valence-electron chi connectivity index (χ0n) is 13.1. The summed E-state index contributed by atoms with van der Waals surface area (Å²) in [6.45, 7) is 3.43. The topological polar surface area (TPSA) is 78.4 Å². The van der Waals surface area contributed by atoms with Crippen molar-refractivity contribution in [2.45, 2.75) is 19.8 Å². The molecule has 0 bridgehead atoms. The average Bonchev–Trinajstić information content (AvgIpc) is 2.58. The van der Waals surface area contributed by atoms with Gasteiger partial charge in [0, 0.05) is 18.8 Å². The van der Waals surface area contributed by atoms with Crippen molar-refractivity contribution >= 4 is 17.4 Å². The molecule has 2 aromatic rings. The van der Waals surface area contributed by atoms with Gasteiger partial charge in [-0.15, -0.1) is 5.10 Å². The molecule has 1 aromatic carbocycles. The second kappa shape index (κ2) is 6.64. The SMILES string of the molecule is Cc1ccc(N2CCCC(C(=O)Nc3ccc(O)cc3)C2)nn1. The lowest BCUT2D eigenvalue weighted by atomic mass is 9.97. The Morgan fingerprint density at radius 1 is 1.22 bits per heavy atom. The first kappa shape index (κ1) is 15.3. The molecular formula is C17H20N4O2. The quantitative estimate of drug-likeness (QED) is 0.851. The molecule has 3 rings (SSSR count). The number of benzene rings is 1. The van der Waals surface area contributed by atoms with Gasteiger partial charge in [0.15, 0.2) is 5.82 Å². The van der Waals surface area contributed by atoms with Gasteiger partial charge < -0.3 is 15.3 Å². The Morgan fingerprint density at radius 3 is 2.70 bits per heavy atom. The zero-order valence-corrected chi connectivity index (χ0v) is 13.1. The van der Waals surface area contributed by atoms with Crippen LogP contribution in [0.1, 0.15) is 18.5 Å². The third-order valence-corrected chi connectivity index (χ3v) is 4.03. The number of carbonyl (C=O) groups is 1. The monoisotopic (exact) mass is 312 g/mol. The number of aryl methyl sites for hydroxylation is 1. The Morgan fingerprint density at radius 2 is 2.00 bits per heavy atom. The smallest absolute Gasteiger partial charge is 0.229 e. The molecule has 1 aliphatic heterocycles. The Labute approximate surface area is 135 Å². The number of phenolic OH excluding ortho intramolecular Hbond substituents is 1. The minimum absolute atomic E-state index is 0.000427. The van der Waals surface area contributed by atoms with E-state index in [-0.39, 0.29) is 17.6 Å². The number of anilines is 2. The van der Waals surface area contributed by atoms with E-state index < -0.39 is 0 Å². The summed E-state index contributed by atoms with van der Waals surface area (Å²) in [4.78, 5) is 14.6. The van der Waals surface area contributed by atoms with Gasteiger partial charge in [0.1, 0.15) is 5.75 Å². The lowest BCUT2D eigenvalue weighted by molar-refractivity contribution is -0.120. The van der Waals surface area contributed by atoms with Crippen molar-refractivity contribution in [3.05, 3.63) is 42.1 Å². The van der Waals surface area contributed by atoms with Crippen LogP contribution in [0.3, 0.4) is 0 Å². The molecule has 120 valence electrons. The van der Waals surface area contributed by atoms with Gasteiger partial charge in [0.2, 0.25) is 5.91 Å². The molecule has 2 N–H and O–H groups in total. The Bertz CT molecular complexity index is 670. The Balaban J connectivity index is 1.64. The second-order valence-corrected chi connectivity index (χ2v) is 5.85. The number of rotatable bonds is 3. The van der Waals surface area contributed by atoms with E-state index in [9.17, 15) is 9.90 Å². The van der Waals surface area contributed by atoms with Gasteiger partial charge in [-0.2, -0.15) is 5.10 Å². The molecule has 0 spiro atoms. The molecule has 1 aromatic heterocycles. The van der Waals surface area contributed by atoms with Crippen LogP contribution in [0.4, 0.5) is 11.5 Å². The van der Waals surface area contributed by atoms with Crippen molar-refractivity contribution in [2.75, 3.05) is 23.3 Å². The predicted octanol–water partition coefficient (Wildman–Crippen LogP) is 2.35. The largest absolute Gasteiger partial charge is 0.508 e. The number of nitrogens with one attached hydrogen (secondary N) is 1. The first-order chi connectivity index (χ1) is 11.1. The summed E-state index contributed by atoms with van der Waals surface area (Å²) in [7, 11) is 0. The molecule has 23 heavy (non-hydrogen) atoms. The number of aromatic nitrogens is 2. The van der Waals surface area contributed by atoms with E-state index in [1.807, 2.05) is 19.1 Å². The van der Waals surface area contributed by atoms with Gasteiger partial charge in [-0.3, -0.25) is 4.79 Å². The third-order valence-electron chi connectivity index (χ3n) is 4.03. The number of phenols is 1. The first-order valence-corrected chi connectivity index (χ1v) is 7.77. The molecule has 0 radical (unpaired) electrons. The van der Waals surface area contributed by atoms with Gasteiger partial charge >= 0.3 is 0 Å². The van der Waals surface area contributed by atoms with Crippen LogP contribution < -0.4 is 10.2 Å². The minimum atomic E-state index is -0.0827. The standard InChI is InChI=1S/C17H20N4O2/c1-12-4-9-16(20-19-12)21-10-2-3-13(11-21)17(23)18-14-5-7-15(22)8-6-14/h4-9,13,22H,2-3,10-11H2,1H3,(H,18,23). The van der Waals surface area contributed by atoms with Gasteiger partial charge in [0.25, 0.3) is 0 Å². The highest BCUT2D eigenvalue weighted by molar-refractivity contribution is 5.93. The van der Waals surface area contributed by atoms with Crippen molar-refractivity contribution in [3.8, 4) is 5.75 Å². The summed E-state index contributed by atoms with van der Waals surface area (Å²) in [5.41, 5.74) is 1.58. The Hall–Kier alpha value is -2.63. The van der Waals surface area contributed by atoms with Crippen LogP contribution in [0.15, 0.2) is 36.4 Å². The molecule has 1 aliphatic rings. The van der Waals surface area contributed by atoms with E-state index in [0.29, 0.717) is 12.2 Å². The maximum absolute atomic E-state index is 12.4. The number of piperidine rings is 1. The van der Waals surface area contributed by atoms with Crippen LogP contribution >= 0.6 is 0 Å².